The summed E-state index contributed by atoms with van der Waals surface area (Å²) in [5.74, 6) is 0. The number of ether oxygens (including phenoxy) is 1. The highest BCUT2D eigenvalue weighted by Gasteiger charge is 2.04. The molecule has 18 heavy (non-hydrogen) atoms. The van der Waals surface area contributed by atoms with Crippen LogP contribution in [0.25, 0.3) is 0 Å². The molecule has 0 aromatic heterocycles. The molecule has 3 nitrogen and oxygen atoms in total. The van der Waals surface area contributed by atoms with Gasteiger partial charge in [0, 0.05) is 40.8 Å². The summed E-state index contributed by atoms with van der Waals surface area (Å²) in [5, 5.41) is 6.85. The number of nitrogens with one attached hydrogen (secondary N) is 2. The van der Waals surface area contributed by atoms with Gasteiger partial charge in [0.05, 0.1) is 6.61 Å². The van der Waals surface area contributed by atoms with E-state index in [1.54, 1.807) is 7.11 Å². The maximum atomic E-state index is 4.99. The van der Waals surface area contributed by atoms with Crippen molar-refractivity contribution >= 4 is 38.5 Å². The fourth-order valence-corrected chi connectivity index (χ4v) is 2.47. The third kappa shape index (κ3) is 6.47. The second kappa shape index (κ2) is 9.25. The van der Waals surface area contributed by atoms with E-state index < -0.39 is 0 Å². The fraction of sp³-hybridized carbons (Fsp3) is 0.538. The highest BCUT2D eigenvalue weighted by atomic mass is 127. The molecule has 0 saturated carbocycles. The Morgan fingerprint density at radius 2 is 2.22 bits per heavy atom. The zero-order valence-corrected chi connectivity index (χ0v) is 14.5. The molecule has 5 heteroatoms. The molecule has 2 N–H and O–H groups in total. The minimum absolute atomic E-state index is 0.437. The lowest BCUT2D eigenvalue weighted by atomic mass is 10.2. The molecular weight excluding hydrogens is 407 g/mol. The molecule has 0 fully saturated rings. The minimum atomic E-state index is 0.437. The topological polar surface area (TPSA) is 33.3 Å². The highest BCUT2D eigenvalue weighted by molar-refractivity contribution is 14.1. The van der Waals surface area contributed by atoms with E-state index in [2.05, 4.69) is 74.3 Å². The van der Waals surface area contributed by atoms with Crippen LogP contribution in [0.2, 0.25) is 0 Å². The molecule has 1 rings (SSSR count). The smallest absolute Gasteiger partial charge is 0.0587 e. The van der Waals surface area contributed by atoms with Crippen LogP contribution in [0.5, 0.6) is 0 Å². The van der Waals surface area contributed by atoms with Crippen molar-refractivity contribution < 1.29 is 4.74 Å². The summed E-state index contributed by atoms with van der Waals surface area (Å²) in [4.78, 5) is 0. The molecule has 0 amide bonds. The van der Waals surface area contributed by atoms with E-state index in [0.717, 1.165) is 30.7 Å². The van der Waals surface area contributed by atoms with E-state index in [1.165, 1.54) is 9.13 Å². The van der Waals surface area contributed by atoms with Crippen molar-refractivity contribution in [1.82, 2.24) is 10.6 Å². The number of hydrogen-bond acceptors (Lipinski definition) is 3. The van der Waals surface area contributed by atoms with Crippen LogP contribution in [-0.4, -0.2) is 32.8 Å². The number of benzene rings is 1. The lowest BCUT2D eigenvalue weighted by Crippen LogP contribution is -2.37. The van der Waals surface area contributed by atoms with Gasteiger partial charge in [-0.2, -0.15) is 0 Å². The molecule has 1 unspecified atom stereocenters. The van der Waals surface area contributed by atoms with Crippen molar-refractivity contribution in [3.05, 3.63) is 31.8 Å². The summed E-state index contributed by atoms with van der Waals surface area (Å²) >= 11 is 5.91. The summed E-state index contributed by atoms with van der Waals surface area (Å²) in [6.45, 7) is 5.67. The van der Waals surface area contributed by atoms with Gasteiger partial charge in [0.25, 0.3) is 0 Å². The van der Waals surface area contributed by atoms with Crippen LogP contribution in [0.4, 0.5) is 0 Å². The predicted molar refractivity (Wildman–Crippen MR) is 87.9 cm³/mol. The van der Waals surface area contributed by atoms with Gasteiger partial charge in [-0.1, -0.05) is 15.9 Å². The molecule has 0 radical (unpaired) electrons. The second-order valence-corrected chi connectivity index (χ2v) is 6.31. The minimum Gasteiger partial charge on any atom is -0.383 e. The Morgan fingerprint density at radius 3 is 2.94 bits per heavy atom. The van der Waals surface area contributed by atoms with Crippen molar-refractivity contribution in [2.75, 3.05) is 26.8 Å². The summed E-state index contributed by atoms with van der Waals surface area (Å²) in [6, 6.07) is 6.83. The van der Waals surface area contributed by atoms with Gasteiger partial charge in [-0.15, -0.1) is 0 Å². The van der Waals surface area contributed by atoms with E-state index in [9.17, 15) is 0 Å². The molecule has 0 spiro atoms. The van der Waals surface area contributed by atoms with Crippen LogP contribution in [0.15, 0.2) is 22.7 Å². The van der Waals surface area contributed by atoms with E-state index >= 15 is 0 Å². The largest absolute Gasteiger partial charge is 0.383 e. The quantitative estimate of drug-likeness (QED) is 0.495. The number of halogens is 2. The van der Waals surface area contributed by atoms with E-state index in [4.69, 9.17) is 4.74 Å². The van der Waals surface area contributed by atoms with Crippen molar-refractivity contribution in [3.63, 3.8) is 0 Å². The third-order valence-electron chi connectivity index (χ3n) is 2.58. The highest BCUT2D eigenvalue weighted by Crippen LogP contribution is 2.19. The molecule has 0 heterocycles. The molecule has 1 aromatic carbocycles. The van der Waals surface area contributed by atoms with Crippen LogP contribution in [0.1, 0.15) is 12.5 Å². The van der Waals surface area contributed by atoms with Gasteiger partial charge in [0.2, 0.25) is 0 Å². The van der Waals surface area contributed by atoms with Gasteiger partial charge >= 0.3 is 0 Å². The van der Waals surface area contributed by atoms with Gasteiger partial charge in [0.1, 0.15) is 0 Å². The normalized spacial score (nSPS) is 12.7. The Morgan fingerprint density at radius 1 is 1.44 bits per heavy atom. The van der Waals surface area contributed by atoms with E-state index in [0.29, 0.717) is 6.04 Å². The molecule has 1 atom stereocenters. The summed E-state index contributed by atoms with van der Waals surface area (Å²) in [5.41, 5.74) is 1.30. The van der Waals surface area contributed by atoms with Crippen LogP contribution in [-0.2, 0) is 11.3 Å². The van der Waals surface area contributed by atoms with Gasteiger partial charge in [-0.25, -0.2) is 0 Å². The monoisotopic (exact) mass is 426 g/mol. The lowest BCUT2D eigenvalue weighted by molar-refractivity contribution is 0.198. The molecule has 1 aromatic rings. The van der Waals surface area contributed by atoms with Gasteiger partial charge in [-0.3, -0.25) is 0 Å². The zero-order chi connectivity index (χ0) is 13.4. The van der Waals surface area contributed by atoms with Crippen LogP contribution < -0.4 is 10.6 Å². The Bertz CT molecular complexity index is 363. The Labute approximate surface area is 131 Å². The number of rotatable bonds is 8. The summed E-state index contributed by atoms with van der Waals surface area (Å²) < 4.78 is 7.42. The molecule has 0 saturated heterocycles. The van der Waals surface area contributed by atoms with E-state index in [-0.39, 0.29) is 0 Å². The molecular formula is C13H20BrIN2O. The number of methoxy groups -OCH3 is 1. The van der Waals surface area contributed by atoms with Gasteiger partial charge in [0.15, 0.2) is 0 Å². The standard InChI is InChI=1S/C13H20BrIN2O/c1-10(8-16-5-6-18-2)17-9-11-7-12(15)3-4-13(11)14/h3-4,7,10,16-17H,5-6,8-9H2,1-2H3. The molecule has 0 aliphatic rings. The Hall–Kier alpha value is 0.310. The summed E-state index contributed by atoms with van der Waals surface area (Å²) in [6.07, 6.45) is 0. The first-order chi connectivity index (χ1) is 8.63. The second-order valence-electron chi connectivity index (χ2n) is 4.21. The van der Waals surface area contributed by atoms with Crippen LogP contribution in [0, 0.1) is 3.57 Å². The SMILES string of the molecule is COCCNCC(C)NCc1cc(I)ccc1Br. The molecule has 0 bridgehead atoms. The van der Waals surface area contributed by atoms with Crippen LogP contribution >= 0.6 is 38.5 Å². The maximum Gasteiger partial charge on any atom is 0.0587 e. The number of hydrogen-bond donors (Lipinski definition) is 2. The average Bonchev–Trinajstić information content (AvgIpc) is 2.36. The molecule has 0 aliphatic carbocycles. The first-order valence-electron chi connectivity index (χ1n) is 6.00. The van der Waals surface area contributed by atoms with Gasteiger partial charge in [-0.05, 0) is 53.3 Å². The van der Waals surface area contributed by atoms with Gasteiger partial charge < -0.3 is 15.4 Å². The van der Waals surface area contributed by atoms with Crippen molar-refractivity contribution in [3.8, 4) is 0 Å². The first-order valence-corrected chi connectivity index (χ1v) is 7.87. The zero-order valence-electron chi connectivity index (χ0n) is 10.8. The average molecular weight is 427 g/mol. The fourth-order valence-electron chi connectivity index (χ4n) is 1.53. The Balaban J connectivity index is 2.29. The lowest BCUT2D eigenvalue weighted by Gasteiger charge is -2.15. The van der Waals surface area contributed by atoms with Crippen molar-refractivity contribution in [1.29, 1.82) is 0 Å². The predicted octanol–water partition coefficient (Wildman–Crippen LogP) is 2.77. The maximum absolute atomic E-state index is 4.99. The first kappa shape index (κ1) is 16.4. The van der Waals surface area contributed by atoms with Crippen molar-refractivity contribution in [2.45, 2.75) is 19.5 Å². The Kier molecular flexibility index (Phi) is 8.41. The third-order valence-corrected chi connectivity index (χ3v) is 4.03. The van der Waals surface area contributed by atoms with E-state index in [1.807, 2.05) is 0 Å². The molecule has 102 valence electrons. The van der Waals surface area contributed by atoms with Crippen molar-refractivity contribution in [2.24, 2.45) is 0 Å². The molecule has 0 aliphatic heterocycles. The summed E-state index contributed by atoms with van der Waals surface area (Å²) in [7, 11) is 1.72. The van der Waals surface area contributed by atoms with Crippen LogP contribution in [0.3, 0.4) is 0 Å².